The molecule has 0 aliphatic rings. The lowest BCUT2D eigenvalue weighted by atomic mass is 10.1. The van der Waals surface area contributed by atoms with E-state index in [4.69, 9.17) is 33.0 Å². The number of ether oxygens (including phenoxy) is 1. The van der Waals surface area contributed by atoms with Crippen molar-refractivity contribution in [2.75, 3.05) is 5.32 Å². The van der Waals surface area contributed by atoms with Gasteiger partial charge in [-0.2, -0.15) is 13.2 Å². The Morgan fingerprint density at radius 3 is 2.19 bits per heavy atom. The first-order valence-electron chi connectivity index (χ1n) is 9.21. The van der Waals surface area contributed by atoms with E-state index < -0.39 is 29.5 Å². The first-order chi connectivity index (χ1) is 14.4. The van der Waals surface area contributed by atoms with E-state index in [1.54, 1.807) is 13.8 Å². The van der Waals surface area contributed by atoms with Crippen molar-refractivity contribution in [2.45, 2.75) is 39.5 Å². The summed E-state index contributed by atoms with van der Waals surface area (Å²) in [5, 5.41) is 11.4. The fraction of sp³-hybridized carbons (Fsp3) is 0.333. The predicted octanol–water partition coefficient (Wildman–Crippen LogP) is 6.20. The molecule has 2 aromatic carbocycles. The Morgan fingerprint density at radius 1 is 1.06 bits per heavy atom. The van der Waals surface area contributed by atoms with Crippen molar-refractivity contribution in [1.29, 1.82) is 0 Å². The SMILES string of the molecule is CC(C)C(=O)Nc1cc(COc2c(Cl)cc(CCC(=O)O)cc2Cl)cc(C(F)(F)F)c1. The number of alkyl halides is 3. The molecule has 0 spiro atoms. The summed E-state index contributed by atoms with van der Waals surface area (Å²) in [6, 6.07) is 6.12. The number of halogens is 5. The molecule has 0 radical (unpaired) electrons. The third-order valence-corrected chi connectivity index (χ3v) is 4.74. The Balaban J connectivity index is 2.25. The number of amides is 1. The minimum Gasteiger partial charge on any atom is -0.486 e. The number of aryl methyl sites for hydroxylation is 1. The van der Waals surface area contributed by atoms with Crippen LogP contribution < -0.4 is 10.1 Å². The van der Waals surface area contributed by atoms with Crippen molar-refractivity contribution in [1.82, 2.24) is 0 Å². The molecule has 2 aromatic rings. The maximum atomic E-state index is 13.3. The van der Waals surface area contributed by atoms with Crippen LogP contribution >= 0.6 is 23.2 Å². The summed E-state index contributed by atoms with van der Waals surface area (Å²) in [5.41, 5.74) is -0.208. The zero-order valence-corrected chi connectivity index (χ0v) is 18.2. The van der Waals surface area contributed by atoms with Crippen LogP contribution in [-0.2, 0) is 28.8 Å². The molecule has 0 bridgehead atoms. The van der Waals surface area contributed by atoms with Crippen molar-refractivity contribution < 1.29 is 32.6 Å². The first-order valence-corrected chi connectivity index (χ1v) is 9.97. The zero-order chi connectivity index (χ0) is 23.3. The van der Waals surface area contributed by atoms with Gasteiger partial charge in [-0.3, -0.25) is 9.59 Å². The number of aliphatic carboxylic acids is 1. The molecule has 2 N–H and O–H groups in total. The Hall–Kier alpha value is -2.45. The zero-order valence-electron chi connectivity index (χ0n) is 16.6. The molecule has 0 unspecified atom stereocenters. The molecule has 0 aliphatic heterocycles. The number of hydrogen-bond acceptors (Lipinski definition) is 3. The molecule has 2 rings (SSSR count). The number of rotatable bonds is 8. The van der Waals surface area contributed by atoms with Gasteiger partial charge in [0, 0.05) is 18.0 Å². The Kier molecular flexibility index (Phi) is 8.20. The fourth-order valence-corrected chi connectivity index (χ4v) is 3.24. The quantitative estimate of drug-likeness (QED) is 0.474. The number of benzene rings is 2. The molecule has 0 aliphatic carbocycles. The van der Waals surface area contributed by atoms with Gasteiger partial charge in [0.05, 0.1) is 15.6 Å². The van der Waals surface area contributed by atoms with Crippen LogP contribution in [-0.4, -0.2) is 17.0 Å². The molecule has 0 fully saturated rings. The fourth-order valence-electron chi connectivity index (χ4n) is 2.60. The number of anilines is 1. The van der Waals surface area contributed by atoms with E-state index in [2.05, 4.69) is 5.32 Å². The summed E-state index contributed by atoms with van der Waals surface area (Å²) in [5.74, 6) is -1.74. The lowest BCUT2D eigenvalue weighted by Crippen LogP contribution is -2.18. The van der Waals surface area contributed by atoms with Crippen LogP contribution in [0.25, 0.3) is 0 Å². The first kappa shape index (κ1) is 24.8. The highest BCUT2D eigenvalue weighted by Gasteiger charge is 2.31. The van der Waals surface area contributed by atoms with Crippen LogP contribution in [0.15, 0.2) is 30.3 Å². The lowest BCUT2D eigenvalue weighted by molar-refractivity contribution is -0.138. The van der Waals surface area contributed by atoms with E-state index in [0.717, 1.165) is 12.1 Å². The highest BCUT2D eigenvalue weighted by Crippen LogP contribution is 2.36. The third kappa shape index (κ3) is 7.33. The van der Waals surface area contributed by atoms with Gasteiger partial charge in [-0.25, -0.2) is 0 Å². The van der Waals surface area contributed by atoms with E-state index in [1.807, 2.05) is 0 Å². The standard InChI is InChI=1S/C21H20Cl2F3NO4/c1-11(2)20(30)27-15-6-13(5-14(9-15)21(24,25)26)10-31-19-16(22)7-12(8-17(19)23)3-4-18(28)29/h5-9,11H,3-4,10H2,1-2H3,(H,27,30)(H,28,29). The van der Waals surface area contributed by atoms with Gasteiger partial charge in [0.2, 0.25) is 5.91 Å². The highest BCUT2D eigenvalue weighted by molar-refractivity contribution is 6.37. The van der Waals surface area contributed by atoms with Crippen LogP contribution in [0, 0.1) is 5.92 Å². The van der Waals surface area contributed by atoms with Crippen LogP contribution in [0.1, 0.15) is 37.0 Å². The van der Waals surface area contributed by atoms with Gasteiger partial charge in [0.15, 0.2) is 5.75 Å². The maximum absolute atomic E-state index is 13.3. The second-order valence-corrected chi connectivity index (χ2v) is 7.95. The third-order valence-electron chi connectivity index (χ3n) is 4.18. The monoisotopic (exact) mass is 477 g/mol. The van der Waals surface area contributed by atoms with Crippen LogP contribution in [0.2, 0.25) is 10.0 Å². The van der Waals surface area contributed by atoms with Crippen molar-refractivity contribution in [3.05, 3.63) is 57.1 Å². The number of nitrogens with one attached hydrogen (secondary N) is 1. The van der Waals surface area contributed by atoms with E-state index >= 15 is 0 Å². The molecular weight excluding hydrogens is 458 g/mol. The van der Waals surface area contributed by atoms with Gasteiger partial charge in [0.1, 0.15) is 6.61 Å². The molecule has 0 heterocycles. The smallest absolute Gasteiger partial charge is 0.416 e. The molecular formula is C21H20Cl2F3NO4. The average molecular weight is 478 g/mol. The molecule has 0 saturated carbocycles. The van der Waals surface area contributed by atoms with Crippen LogP contribution in [0.3, 0.4) is 0 Å². The van der Waals surface area contributed by atoms with Gasteiger partial charge in [0.25, 0.3) is 0 Å². The number of carbonyl (C=O) groups excluding carboxylic acids is 1. The minimum atomic E-state index is -4.62. The summed E-state index contributed by atoms with van der Waals surface area (Å²) in [4.78, 5) is 22.6. The van der Waals surface area contributed by atoms with Gasteiger partial charge >= 0.3 is 12.1 Å². The van der Waals surface area contributed by atoms with Crippen molar-refractivity contribution >= 4 is 40.8 Å². The van der Waals surface area contributed by atoms with Gasteiger partial charge in [-0.1, -0.05) is 37.0 Å². The Labute approximate surface area is 187 Å². The summed E-state index contributed by atoms with van der Waals surface area (Å²) < 4.78 is 45.4. The van der Waals surface area contributed by atoms with Crippen LogP contribution in [0.4, 0.5) is 18.9 Å². The largest absolute Gasteiger partial charge is 0.486 e. The molecule has 0 atom stereocenters. The van der Waals surface area contributed by atoms with E-state index in [-0.39, 0.29) is 46.5 Å². The van der Waals surface area contributed by atoms with E-state index in [1.165, 1.54) is 18.2 Å². The number of hydrogen-bond donors (Lipinski definition) is 2. The number of carboxylic acid groups (broad SMARTS) is 1. The topological polar surface area (TPSA) is 75.6 Å². The summed E-state index contributed by atoms with van der Waals surface area (Å²) >= 11 is 12.3. The molecule has 10 heteroatoms. The summed E-state index contributed by atoms with van der Waals surface area (Å²) in [6.45, 7) is 2.95. The van der Waals surface area contributed by atoms with Gasteiger partial charge in [-0.05, 0) is 47.9 Å². The number of carbonyl (C=O) groups is 2. The van der Waals surface area contributed by atoms with E-state index in [0.29, 0.717) is 5.56 Å². The van der Waals surface area contributed by atoms with Gasteiger partial charge < -0.3 is 15.2 Å². The molecule has 0 saturated heterocycles. The molecule has 168 valence electrons. The molecule has 5 nitrogen and oxygen atoms in total. The molecule has 1 amide bonds. The summed E-state index contributed by atoms with van der Waals surface area (Å²) in [6.07, 6.45) is -4.52. The predicted molar refractivity (Wildman–Crippen MR) is 112 cm³/mol. The van der Waals surface area contributed by atoms with Crippen molar-refractivity contribution in [3.63, 3.8) is 0 Å². The van der Waals surface area contributed by atoms with Crippen molar-refractivity contribution in [3.8, 4) is 5.75 Å². The molecule has 0 aromatic heterocycles. The van der Waals surface area contributed by atoms with Crippen molar-refractivity contribution in [2.24, 2.45) is 5.92 Å². The summed E-state index contributed by atoms with van der Waals surface area (Å²) in [7, 11) is 0. The number of carboxylic acids is 1. The normalized spacial score (nSPS) is 11.5. The lowest BCUT2D eigenvalue weighted by Gasteiger charge is -2.16. The Morgan fingerprint density at radius 2 is 1.68 bits per heavy atom. The van der Waals surface area contributed by atoms with E-state index in [9.17, 15) is 22.8 Å². The minimum absolute atomic E-state index is 0.00617. The van der Waals surface area contributed by atoms with Gasteiger partial charge in [-0.15, -0.1) is 0 Å². The molecule has 31 heavy (non-hydrogen) atoms. The Bertz CT molecular complexity index is 955. The maximum Gasteiger partial charge on any atom is 0.416 e. The second-order valence-electron chi connectivity index (χ2n) is 7.13. The second kappa shape index (κ2) is 10.2. The van der Waals surface area contributed by atoms with Crippen LogP contribution in [0.5, 0.6) is 5.75 Å². The average Bonchev–Trinajstić information content (AvgIpc) is 2.64. The highest BCUT2D eigenvalue weighted by atomic mass is 35.5.